The van der Waals surface area contributed by atoms with Crippen LogP contribution in [0.15, 0.2) is 6.20 Å². The summed E-state index contributed by atoms with van der Waals surface area (Å²) < 4.78 is 1.56. The van der Waals surface area contributed by atoms with Gasteiger partial charge in [0.25, 0.3) is 5.91 Å². The number of nitrogens with two attached hydrogens (primary N) is 1. The van der Waals surface area contributed by atoms with Crippen molar-refractivity contribution in [1.29, 1.82) is 0 Å². The first-order valence-corrected chi connectivity index (χ1v) is 6.77. The van der Waals surface area contributed by atoms with Crippen molar-refractivity contribution in [3.05, 3.63) is 11.9 Å². The highest BCUT2D eigenvalue weighted by Gasteiger charge is 2.23. The van der Waals surface area contributed by atoms with Crippen LogP contribution < -0.4 is 5.73 Å². The average Bonchev–Trinajstić information content (AvgIpc) is 2.74. The van der Waals surface area contributed by atoms with E-state index in [1.54, 1.807) is 27.6 Å². The Morgan fingerprint density at radius 1 is 1.25 bits per heavy atom. The summed E-state index contributed by atoms with van der Waals surface area (Å²) in [6.07, 6.45) is 2.39. The lowest BCUT2D eigenvalue weighted by molar-refractivity contribution is -0.128. The molecule has 1 saturated heterocycles. The number of carbonyl (C=O) groups excluding carboxylic acids is 2. The normalized spacial score (nSPS) is 16.1. The van der Waals surface area contributed by atoms with E-state index < -0.39 is 0 Å². The second-order valence-electron chi connectivity index (χ2n) is 4.81. The summed E-state index contributed by atoms with van der Waals surface area (Å²) in [5.41, 5.74) is 5.76. The molecule has 0 saturated carbocycles. The van der Waals surface area contributed by atoms with Gasteiger partial charge in [-0.25, -0.2) is 0 Å². The zero-order valence-electron chi connectivity index (χ0n) is 11.7. The predicted octanol–water partition coefficient (Wildman–Crippen LogP) is -1.07. The van der Waals surface area contributed by atoms with E-state index in [0.717, 1.165) is 6.42 Å². The van der Waals surface area contributed by atoms with Gasteiger partial charge < -0.3 is 15.5 Å². The standard InChI is InChI=1S/C12H20N6O2/c1-10(19)16-4-2-5-17(8-7-16)12(20)11-9-18(6-3-13)15-14-11/h9H,2-8,13H2,1H3. The topological polar surface area (TPSA) is 97.4 Å². The largest absolute Gasteiger partial charge is 0.341 e. The quantitative estimate of drug-likeness (QED) is 0.760. The van der Waals surface area contributed by atoms with Crippen molar-refractivity contribution < 1.29 is 9.59 Å². The molecule has 1 aliphatic rings. The highest BCUT2D eigenvalue weighted by molar-refractivity contribution is 5.92. The van der Waals surface area contributed by atoms with Crippen LogP contribution in [0.25, 0.3) is 0 Å². The summed E-state index contributed by atoms with van der Waals surface area (Å²) in [5, 5.41) is 7.74. The van der Waals surface area contributed by atoms with E-state index in [1.165, 1.54) is 0 Å². The van der Waals surface area contributed by atoms with E-state index in [4.69, 9.17) is 5.73 Å². The van der Waals surface area contributed by atoms with Crippen molar-refractivity contribution in [2.75, 3.05) is 32.7 Å². The maximum atomic E-state index is 12.3. The minimum absolute atomic E-state index is 0.0492. The molecule has 0 radical (unpaired) electrons. The lowest BCUT2D eigenvalue weighted by Gasteiger charge is -2.20. The molecule has 0 bridgehead atoms. The van der Waals surface area contributed by atoms with Crippen LogP contribution in [-0.2, 0) is 11.3 Å². The molecule has 20 heavy (non-hydrogen) atoms. The van der Waals surface area contributed by atoms with Crippen molar-refractivity contribution in [2.24, 2.45) is 5.73 Å². The molecular weight excluding hydrogens is 260 g/mol. The lowest BCUT2D eigenvalue weighted by Crippen LogP contribution is -2.36. The number of rotatable bonds is 3. The predicted molar refractivity (Wildman–Crippen MR) is 71.9 cm³/mol. The zero-order valence-corrected chi connectivity index (χ0v) is 11.7. The Hall–Kier alpha value is -1.96. The molecule has 1 aromatic heterocycles. The minimum Gasteiger partial charge on any atom is -0.341 e. The second kappa shape index (κ2) is 6.47. The average molecular weight is 280 g/mol. The molecule has 1 fully saturated rings. The van der Waals surface area contributed by atoms with E-state index in [0.29, 0.717) is 45.0 Å². The third-order valence-corrected chi connectivity index (χ3v) is 3.34. The zero-order chi connectivity index (χ0) is 14.5. The summed E-state index contributed by atoms with van der Waals surface area (Å²) in [4.78, 5) is 27.2. The van der Waals surface area contributed by atoms with E-state index in [2.05, 4.69) is 10.3 Å². The Morgan fingerprint density at radius 3 is 2.65 bits per heavy atom. The van der Waals surface area contributed by atoms with Crippen molar-refractivity contribution >= 4 is 11.8 Å². The minimum atomic E-state index is -0.140. The second-order valence-corrected chi connectivity index (χ2v) is 4.81. The van der Waals surface area contributed by atoms with Crippen molar-refractivity contribution in [1.82, 2.24) is 24.8 Å². The van der Waals surface area contributed by atoms with Gasteiger partial charge in [-0.1, -0.05) is 5.21 Å². The van der Waals surface area contributed by atoms with Crippen LogP contribution in [0.2, 0.25) is 0 Å². The third kappa shape index (κ3) is 3.32. The summed E-state index contributed by atoms with van der Waals surface area (Å²) >= 11 is 0. The number of hydrogen-bond donors (Lipinski definition) is 1. The van der Waals surface area contributed by atoms with Crippen LogP contribution in [0, 0.1) is 0 Å². The van der Waals surface area contributed by atoms with Gasteiger partial charge in [0.2, 0.25) is 5.91 Å². The highest BCUT2D eigenvalue weighted by atomic mass is 16.2. The van der Waals surface area contributed by atoms with E-state index in [9.17, 15) is 9.59 Å². The lowest BCUT2D eigenvalue weighted by atomic mass is 10.3. The van der Waals surface area contributed by atoms with Gasteiger partial charge in [0.15, 0.2) is 5.69 Å². The number of aromatic nitrogens is 3. The maximum absolute atomic E-state index is 12.3. The fraction of sp³-hybridized carbons (Fsp3) is 0.667. The molecule has 0 spiro atoms. The molecule has 0 aromatic carbocycles. The maximum Gasteiger partial charge on any atom is 0.276 e. The summed E-state index contributed by atoms with van der Waals surface area (Å²) in [7, 11) is 0. The molecule has 110 valence electrons. The summed E-state index contributed by atoms with van der Waals surface area (Å²) in [5.74, 6) is -0.0909. The van der Waals surface area contributed by atoms with Gasteiger partial charge in [0.1, 0.15) is 0 Å². The number of carbonyl (C=O) groups is 2. The van der Waals surface area contributed by atoms with Crippen molar-refractivity contribution in [3.63, 3.8) is 0 Å². The molecular formula is C12H20N6O2. The van der Waals surface area contributed by atoms with Gasteiger partial charge in [0.05, 0.1) is 12.7 Å². The third-order valence-electron chi connectivity index (χ3n) is 3.34. The molecule has 2 rings (SSSR count). The Balaban J connectivity index is 1.99. The molecule has 8 nitrogen and oxygen atoms in total. The first-order valence-electron chi connectivity index (χ1n) is 6.77. The fourth-order valence-electron chi connectivity index (χ4n) is 2.24. The smallest absolute Gasteiger partial charge is 0.276 e. The van der Waals surface area contributed by atoms with Gasteiger partial charge in [-0.15, -0.1) is 5.10 Å². The highest BCUT2D eigenvalue weighted by Crippen LogP contribution is 2.07. The van der Waals surface area contributed by atoms with Crippen LogP contribution in [0.4, 0.5) is 0 Å². The first kappa shape index (κ1) is 14.4. The molecule has 2 amide bonds. The summed E-state index contributed by atoms with van der Waals surface area (Å²) in [6, 6.07) is 0. The van der Waals surface area contributed by atoms with Gasteiger partial charge >= 0.3 is 0 Å². The van der Waals surface area contributed by atoms with E-state index in [1.807, 2.05) is 0 Å². The van der Waals surface area contributed by atoms with Crippen LogP contribution in [0.3, 0.4) is 0 Å². The number of hydrogen-bond acceptors (Lipinski definition) is 5. The Labute approximate surface area is 117 Å². The molecule has 1 aliphatic heterocycles. The molecule has 2 heterocycles. The monoisotopic (exact) mass is 280 g/mol. The van der Waals surface area contributed by atoms with Crippen molar-refractivity contribution in [2.45, 2.75) is 19.9 Å². The number of amides is 2. The first-order chi connectivity index (χ1) is 9.61. The van der Waals surface area contributed by atoms with Gasteiger partial charge in [0, 0.05) is 39.6 Å². The molecule has 8 heteroatoms. The van der Waals surface area contributed by atoms with Crippen LogP contribution in [0.1, 0.15) is 23.8 Å². The Bertz CT molecular complexity index is 486. The Kier molecular flexibility index (Phi) is 4.67. The number of nitrogens with zero attached hydrogens (tertiary/aromatic N) is 5. The Morgan fingerprint density at radius 2 is 1.95 bits per heavy atom. The van der Waals surface area contributed by atoms with Crippen LogP contribution in [0.5, 0.6) is 0 Å². The fourth-order valence-corrected chi connectivity index (χ4v) is 2.24. The molecule has 0 aliphatic carbocycles. The van der Waals surface area contributed by atoms with E-state index >= 15 is 0 Å². The molecule has 1 aromatic rings. The van der Waals surface area contributed by atoms with Crippen LogP contribution >= 0.6 is 0 Å². The van der Waals surface area contributed by atoms with Crippen LogP contribution in [-0.4, -0.2) is 69.3 Å². The van der Waals surface area contributed by atoms with Gasteiger partial charge in [-0.2, -0.15) is 0 Å². The van der Waals surface area contributed by atoms with Gasteiger partial charge in [-0.05, 0) is 6.42 Å². The molecule has 0 unspecified atom stereocenters. The van der Waals surface area contributed by atoms with Gasteiger partial charge in [-0.3, -0.25) is 14.3 Å². The summed E-state index contributed by atoms with van der Waals surface area (Å²) in [6.45, 7) is 4.97. The van der Waals surface area contributed by atoms with Crippen molar-refractivity contribution in [3.8, 4) is 0 Å². The molecule has 2 N–H and O–H groups in total. The SMILES string of the molecule is CC(=O)N1CCCN(C(=O)c2cn(CCN)nn2)CC1. The van der Waals surface area contributed by atoms with E-state index in [-0.39, 0.29) is 11.8 Å². The molecule has 0 atom stereocenters.